The van der Waals surface area contributed by atoms with Crippen molar-refractivity contribution in [3.05, 3.63) is 28.1 Å². The second-order valence-corrected chi connectivity index (χ2v) is 2.60. The summed E-state index contributed by atoms with van der Waals surface area (Å²) in [6.07, 6.45) is 1.26. The Morgan fingerprint density at radius 2 is 2.46 bits per heavy atom. The van der Waals surface area contributed by atoms with Gasteiger partial charge in [-0.25, -0.2) is 4.79 Å². The largest absolute Gasteiger partial charge is 0.476 e. The van der Waals surface area contributed by atoms with Crippen molar-refractivity contribution < 1.29 is 14.8 Å². The number of rotatable bonds is 3. The van der Waals surface area contributed by atoms with E-state index in [4.69, 9.17) is 5.11 Å². The molecule has 7 nitrogen and oxygen atoms in total. The molecule has 0 aromatic carbocycles. The molecule has 0 fully saturated rings. The van der Waals surface area contributed by atoms with Crippen molar-refractivity contribution in [1.29, 1.82) is 0 Å². The Labute approximate surface area is 72.5 Å². The van der Waals surface area contributed by atoms with Crippen LogP contribution in [-0.2, 0) is 10.3 Å². The highest BCUT2D eigenvalue weighted by Gasteiger charge is 2.49. The van der Waals surface area contributed by atoms with Crippen LogP contribution in [0.5, 0.6) is 0 Å². The van der Waals surface area contributed by atoms with Gasteiger partial charge in [0.1, 0.15) is 5.69 Å². The summed E-state index contributed by atoms with van der Waals surface area (Å²) in [7, 11) is 0. The van der Waals surface area contributed by atoms with Crippen LogP contribution in [-0.4, -0.2) is 26.2 Å². The lowest BCUT2D eigenvalue weighted by molar-refractivity contribution is -0.559. The number of carboxylic acids is 1. The molecule has 0 aliphatic carbocycles. The van der Waals surface area contributed by atoms with Gasteiger partial charge in [-0.05, 0) is 6.07 Å². The van der Waals surface area contributed by atoms with E-state index in [0.717, 1.165) is 6.92 Å². The summed E-state index contributed by atoms with van der Waals surface area (Å²) in [6, 6.07) is 1.26. The van der Waals surface area contributed by atoms with Gasteiger partial charge in [0.05, 0.1) is 0 Å². The molecule has 1 rings (SSSR count). The molecule has 0 amide bonds. The molecule has 0 aliphatic rings. The highest BCUT2D eigenvalue weighted by Crippen LogP contribution is 2.22. The van der Waals surface area contributed by atoms with E-state index >= 15 is 0 Å². The minimum atomic E-state index is -2.16. The first-order valence-electron chi connectivity index (χ1n) is 3.37. The number of aromatic amines is 1. The van der Waals surface area contributed by atoms with E-state index in [9.17, 15) is 14.9 Å². The zero-order valence-corrected chi connectivity index (χ0v) is 6.72. The van der Waals surface area contributed by atoms with Crippen LogP contribution in [0.4, 0.5) is 0 Å². The van der Waals surface area contributed by atoms with Crippen LogP contribution in [0, 0.1) is 10.1 Å². The molecule has 2 N–H and O–H groups in total. The average Bonchev–Trinajstić information content (AvgIpc) is 2.54. The van der Waals surface area contributed by atoms with Gasteiger partial charge in [-0.1, -0.05) is 0 Å². The molecule has 0 bridgehead atoms. The van der Waals surface area contributed by atoms with Gasteiger partial charge in [0.15, 0.2) is 0 Å². The maximum absolute atomic E-state index is 10.7. The Balaban J connectivity index is 3.21. The molecule has 0 saturated carbocycles. The molecular formula is C6H7N3O4. The first-order valence-corrected chi connectivity index (χ1v) is 3.37. The molecule has 70 valence electrons. The summed E-state index contributed by atoms with van der Waals surface area (Å²) >= 11 is 0. The second kappa shape index (κ2) is 2.85. The summed E-state index contributed by atoms with van der Waals surface area (Å²) in [5, 5.41) is 25.0. The number of carbonyl (C=O) groups is 1. The maximum Gasteiger partial charge on any atom is 0.388 e. The lowest BCUT2D eigenvalue weighted by atomic mass is 10.00. The van der Waals surface area contributed by atoms with Gasteiger partial charge in [-0.3, -0.25) is 15.2 Å². The van der Waals surface area contributed by atoms with Crippen molar-refractivity contribution in [3.63, 3.8) is 0 Å². The normalized spacial score (nSPS) is 14.8. The van der Waals surface area contributed by atoms with Gasteiger partial charge in [0, 0.05) is 18.0 Å². The Morgan fingerprint density at radius 3 is 2.77 bits per heavy atom. The highest BCUT2D eigenvalue weighted by molar-refractivity contribution is 5.77. The number of hydrogen-bond acceptors (Lipinski definition) is 4. The Morgan fingerprint density at radius 1 is 1.85 bits per heavy atom. The quantitative estimate of drug-likeness (QED) is 0.508. The molecule has 0 unspecified atom stereocenters. The molecule has 1 heterocycles. The van der Waals surface area contributed by atoms with E-state index in [1.807, 2.05) is 0 Å². The number of H-pyrrole nitrogens is 1. The SMILES string of the molecule is C[C@@](C(=O)O)(c1ccn[nH]1)[N+](=O)[O-]. The molecule has 13 heavy (non-hydrogen) atoms. The predicted octanol–water partition coefficient (Wildman–Crippen LogP) is -0.0138. The number of nitrogens with zero attached hydrogens (tertiary/aromatic N) is 2. The second-order valence-electron chi connectivity index (χ2n) is 2.60. The van der Waals surface area contributed by atoms with Crippen LogP contribution in [0.15, 0.2) is 12.3 Å². The number of nitro groups is 1. The van der Waals surface area contributed by atoms with Gasteiger partial charge in [0.2, 0.25) is 0 Å². The molecule has 1 aromatic rings. The van der Waals surface area contributed by atoms with Crippen LogP contribution < -0.4 is 0 Å². The first kappa shape index (κ1) is 9.17. The van der Waals surface area contributed by atoms with Crippen molar-refractivity contribution in [1.82, 2.24) is 10.2 Å². The number of nitrogens with one attached hydrogen (secondary N) is 1. The third kappa shape index (κ3) is 1.24. The fourth-order valence-electron chi connectivity index (χ4n) is 0.819. The summed E-state index contributed by atoms with van der Waals surface area (Å²) < 4.78 is 0. The maximum atomic E-state index is 10.7. The van der Waals surface area contributed by atoms with Gasteiger partial charge >= 0.3 is 11.5 Å². The lowest BCUT2D eigenvalue weighted by Crippen LogP contribution is -2.40. The first-order chi connectivity index (χ1) is 5.99. The van der Waals surface area contributed by atoms with Crippen LogP contribution in [0.1, 0.15) is 12.6 Å². The Hall–Kier alpha value is -1.92. The smallest absolute Gasteiger partial charge is 0.388 e. The van der Waals surface area contributed by atoms with Gasteiger partial charge in [-0.15, -0.1) is 0 Å². The number of hydrogen-bond donors (Lipinski definition) is 2. The molecule has 0 saturated heterocycles. The van der Waals surface area contributed by atoms with Crippen molar-refractivity contribution >= 4 is 5.97 Å². The topological polar surface area (TPSA) is 109 Å². The summed E-state index contributed by atoms with van der Waals surface area (Å²) in [6.45, 7) is 1.00. The predicted molar refractivity (Wildman–Crippen MR) is 40.6 cm³/mol. The third-order valence-corrected chi connectivity index (χ3v) is 1.81. The average molecular weight is 185 g/mol. The standard InChI is InChI=1S/C6H7N3O4/c1-6(5(10)11,9(12)13)4-2-3-7-8-4/h2-3H,1H3,(H,7,8)(H,10,11)/t6-/m0/s1. The fourth-order valence-corrected chi connectivity index (χ4v) is 0.819. The molecule has 0 radical (unpaired) electrons. The van der Waals surface area contributed by atoms with Crippen molar-refractivity contribution in [2.45, 2.75) is 12.5 Å². The Kier molecular flexibility index (Phi) is 2.01. The lowest BCUT2D eigenvalue weighted by Gasteiger charge is -2.13. The summed E-state index contributed by atoms with van der Waals surface area (Å²) in [5.74, 6) is -1.53. The van der Waals surface area contributed by atoms with E-state index in [-0.39, 0.29) is 5.69 Å². The Bertz CT molecular complexity index is 318. The van der Waals surface area contributed by atoms with Crippen LogP contribution in [0.2, 0.25) is 0 Å². The van der Waals surface area contributed by atoms with E-state index in [0.29, 0.717) is 0 Å². The van der Waals surface area contributed by atoms with Crippen LogP contribution in [0.3, 0.4) is 0 Å². The van der Waals surface area contributed by atoms with E-state index in [1.54, 1.807) is 0 Å². The fraction of sp³-hybridized carbons (Fsp3) is 0.333. The number of aromatic nitrogens is 2. The molecule has 0 spiro atoms. The monoisotopic (exact) mass is 185 g/mol. The van der Waals surface area contributed by atoms with Gasteiger partial charge < -0.3 is 5.11 Å². The zero-order chi connectivity index (χ0) is 10.1. The molecule has 7 heteroatoms. The minimum absolute atomic E-state index is 0.0509. The van der Waals surface area contributed by atoms with Crippen molar-refractivity contribution in [3.8, 4) is 0 Å². The van der Waals surface area contributed by atoms with Gasteiger partial charge in [-0.2, -0.15) is 5.10 Å². The molecule has 1 aromatic heterocycles. The molecule has 0 aliphatic heterocycles. The van der Waals surface area contributed by atoms with Crippen LogP contribution in [0.25, 0.3) is 0 Å². The molecular weight excluding hydrogens is 178 g/mol. The summed E-state index contributed by atoms with van der Waals surface area (Å²) in [5.41, 5.74) is -2.21. The van der Waals surface area contributed by atoms with Crippen LogP contribution >= 0.6 is 0 Å². The van der Waals surface area contributed by atoms with Crippen molar-refractivity contribution in [2.75, 3.05) is 0 Å². The van der Waals surface area contributed by atoms with Gasteiger partial charge in [0.25, 0.3) is 0 Å². The highest BCUT2D eigenvalue weighted by atomic mass is 16.6. The van der Waals surface area contributed by atoms with Crippen molar-refractivity contribution in [2.24, 2.45) is 0 Å². The zero-order valence-electron chi connectivity index (χ0n) is 6.72. The molecule has 1 atom stereocenters. The van der Waals surface area contributed by atoms with E-state index in [2.05, 4.69) is 10.2 Å². The number of aliphatic carboxylic acids is 1. The minimum Gasteiger partial charge on any atom is -0.476 e. The van der Waals surface area contributed by atoms with E-state index in [1.165, 1.54) is 12.3 Å². The third-order valence-electron chi connectivity index (χ3n) is 1.81. The summed E-state index contributed by atoms with van der Waals surface area (Å²) in [4.78, 5) is 20.3. The number of carboxylic acid groups (broad SMARTS) is 1. The van der Waals surface area contributed by atoms with E-state index < -0.39 is 16.4 Å².